The van der Waals surface area contributed by atoms with Crippen molar-refractivity contribution in [3.8, 4) is 11.4 Å². The van der Waals surface area contributed by atoms with E-state index >= 15 is 0 Å². The lowest BCUT2D eigenvalue weighted by atomic mass is 9.88. The Morgan fingerprint density at radius 3 is 1.89 bits per heavy atom. The molecule has 0 aliphatic heterocycles. The molecular formula is C36H32N2. The van der Waals surface area contributed by atoms with Crippen LogP contribution in [0.1, 0.15) is 50.7 Å². The van der Waals surface area contributed by atoms with Crippen LogP contribution in [0, 0.1) is 0 Å². The Balaban J connectivity index is 1.68. The molecule has 0 bridgehead atoms. The van der Waals surface area contributed by atoms with Crippen molar-refractivity contribution in [2.45, 2.75) is 39.5 Å². The van der Waals surface area contributed by atoms with Crippen LogP contribution in [0.3, 0.4) is 0 Å². The number of nitrogens with zero attached hydrogens (tertiary/aromatic N) is 2. The minimum Gasteiger partial charge on any atom is -0.327 e. The fourth-order valence-corrected chi connectivity index (χ4v) is 6.44. The average molecular weight is 493 g/mol. The lowest BCUT2D eigenvalue weighted by Gasteiger charge is -2.19. The van der Waals surface area contributed by atoms with Crippen LogP contribution in [-0.4, -0.2) is 9.55 Å². The van der Waals surface area contributed by atoms with E-state index in [0.29, 0.717) is 11.8 Å². The largest absolute Gasteiger partial charge is 0.327 e. The third kappa shape index (κ3) is 3.23. The van der Waals surface area contributed by atoms with Gasteiger partial charge in [0, 0.05) is 23.4 Å². The Bertz CT molecular complexity index is 2010. The van der Waals surface area contributed by atoms with Gasteiger partial charge in [0.05, 0.1) is 11.0 Å². The summed E-state index contributed by atoms with van der Waals surface area (Å²) in [6.07, 6.45) is 0. The van der Waals surface area contributed by atoms with Crippen LogP contribution in [0.4, 0.5) is 0 Å². The summed E-state index contributed by atoms with van der Waals surface area (Å²) in [5, 5.41) is 10.2. The maximum atomic E-state index is 5.44. The number of aromatic nitrogens is 2. The van der Waals surface area contributed by atoms with Crippen molar-refractivity contribution in [1.82, 2.24) is 9.55 Å². The Labute approximate surface area is 223 Å². The van der Waals surface area contributed by atoms with Crippen LogP contribution in [0.25, 0.3) is 65.5 Å². The molecule has 2 heteroatoms. The maximum Gasteiger partial charge on any atom is 0.141 e. The van der Waals surface area contributed by atoms with Gasteiger partial charge in [-0.1, -0.05) is 107 Å². The number of benzene rings is 6. The highest BCUT2D eigenvalue weighted by Crippen LogP contribution is 2.43. The van der Waals surface area contributed by atoms with E-state index in [1.165, 1.54) is 65.3 Å². The second kappa shape index (κ2) is 8.43. The zero-order valence-electron chi connectivity index (χ0n) is 22.7. The van der Waals surface area contributed by atoms with Gasteiger partial charge in [0.15, 0.2) is 0 Å². The molecule has 0 saturated heterocycles. The van der Waals surface area contributed by atoms with Gasteiger partial charge in [0.2, 0.25) is 0 Å². The molecule has 0 atom stereocenters. The normalized spacial score (nSPS) is 12.3. The van der Waals surface area contributed by atoms with Gasteiger partial charge in [0.25, 0.3) is 0 Å². The summed E-state index contributed by atoms with van der Waals surface area (Å²) in [6, 6.07) is 33.5. The summed E-state index contributed by atoms with van der Waals surface area (Å²) < 4.78 is 2.35. The van der Waals surface area contributed by atoms with Crippen molar-refractivity contribution < 1.29 is 0 Å². The van der Waals surface area contributed by atoms with Crippen LogP contribution < -0.4 is 0 Å². The highest BCUT2D eigenvalue weighted by Gasteiger charge is 2.23. The van der Waals surface area contributed by atoms with Gasteiger partial charge in [-0.3, -0.25) is 0 Å². The van der Waals surface area contributed by atoms with E-state index in [1.54, 1.807) is 0 Å². The Hall–Kier alpha value is -4.17. The SMILES string of the molecule is CC(C)c1cccc(C(C)C)c1-c1nc2c3ccccc3c3c4cc5ccccc5cc4ccc3c2n1C. The summed E-state index contributed by atoms with van der Waals surface area (Å²) in [4.78, 5) is 5.44. The number of fused-ring (bicyclic) bond motifs is 9. The molecular weight excluding hydrogens is 460 g/mol. The first-order valence-electron chi connectivity index (χ1n) is 13.7. The molecule has 0 amide bonds. The number of rotatable bonds is 3. The second-order valence-corrected chi connectivity index (χ2v) is 11.3. The van der Waals surface area contributed by atoms with E-state index in [4.69, 9.17) is 4.98 Å². The number of imidazole rings is 1. The van der Waals surface area contributed by atoms with Crippen molar-refractivity contribution in [2.75, 3.05) is 0 Å². The highest BCUT2D eigenvalue weighted by molar-refractivity contribution is 6.31. The Morgan fingerprint density at radius 1 is 0.579 bits per heavy atom. The van der Waals surface area contributed by atoms with E-state index in [2.05, 4.69) is 130 Å². The van der Waals surface area contributed by atoms with Crippen molar-refractivity contribution >= 4 is 54.1 Å². The van der Waals surface area contributed by atoms with Crippen LogP contribution in [0.5, 0.6) is 0 Å². The third-order valence-electron chi connectivity index (χ3n) is 8.28. The number of hydrogen-bond donors (Lipinski definition) is 0. The van der Waals surface area contributed by atoms with Gasteiger partial charge in [-0.15, -0.1) is 0 Å². The lowest BCUT2D eigenvalue weighted by Crippen LogP contribution is -2.04. The van der Waals surface area contributed by atoms with Gasteiger partial charge in [0.1, 0.15) is 5.82 Å². The number of aryl methyl sites for hydroxylation is 1. The predicted molar refractivity (Wildman–Crippen MR) is 164 cm³/mol. The second-order valence-electron chi connectivity index (χ2n) is 11.3. The molecule has 1 aromatic heterocycles. The summed E-state index contributed by atoms with van der Waals surface area (Å²) >= 11 is 0. The van der Waals surface area contributed by atoms with Gasteiger partial charge < -0.3 is 4.57 Å². The molecule has 7 rings (SSSR count). The first-order valence-corrected chi connectivity index (χ1v) is 13.7. The van der Waals surface area contributed by atoms with E-state index in [-0.39, 0.29) is 0 Å². The molecule has 0 unspecified atom stereocenters. The fourth-order valence-electron chi connectivity index (χ4n) is 6.44. The molecule has 0 saturated carbocycles. The summed E-state index contributed by atoms with van der Waals surface area (Å²) in [7, 11) is 2.20. The highest BCUT2D eigenvalue weighted by atomic mass is 15.1. The molecule has 0 spiro atoms. The average Bonchev–Trinajstić information content (AvgIpc) is 3.28. The summed E-state index contributed by atoms with van der Waals surface area (Å²) in [5.41, 5.74) is 6.30. The molecule has 0 aliphatic carbocycles. The Kier molecular flexibility index (Phi) is 5.10. The topological polar surface area (TPSA) is 17.8 Å². The maximum absolute atomic E-state index is 5.44. The van der Waals surface area contributed by atoms with Gasteiger partial charge >= 0.3 is 0 Å². The van der Waals surface area contributed by atoms with Crippen LogP contribution in [-0.2, 0) is 7.05 Å². The molecule has 0 aliphatic rings. The molecule has 186 valence electrons. The van der Waals surface area contributed by atoms with Gasteiger partial charge in [-0.2, -0.15) is 0 Å². The van der Waals surface area contributed by atoms with Crippen molar-refractivity contribution in [2.24, 2.45) is 7.05 Å². The van der Waals surface area contributed by atoms with Gasteiger partial charge in [-0.05, 0) is 67.4 Å². The quantitative estimate of drug-likeness (QED) is 0.177. The van der Waals surface area contributed by atoms with Crippen molar-refractivity contribution in [3.05, 3.63) is 102 Å². The minimum atomic E-state index is 0.411. The van der Waals surface area contributed by atoms with E-state index < -0.39 is 0 Å². The van der Waals surface area contributed by atoms with E-state index in [0.717, 1.165) is 11.3 Å². The van der Waals surface area contributed by atoms with Crippen LogP contribution in [0.2, 0.25) is 0 Å². The smallest absolute Gasteiger partial charge is 0.141 e. The molecule has 7 aromatic rings. The number of hydrogen-bond acceptors (Lipinski definition) is 1. The molecule has 0 N–H and O–H groups in total. The first kappa shape index (κ1) is 23.0. The molecule has 0 fully saturated rings. The van der Waals surface area contributed by atoms with E-state index in [1.807, 2.05) is 0 Å². The molecule has 0 radical (unpaired) electrons. The lowest BCUT2D eigenvalue weighted by molar-refractivity contribution is 0.828. The minimum absolute atomic E-state index is 0.411. The zero-order valence-corrected chi connectivity index (χ0v) is 22.7. The molecule has 1 heterocycles. The molecule has 2 nitrogen and oxygen atoms in total. The summed E-state index contributed by atoms with van der Waals surface area (Å²) in [6.45, 7) is 9.14. The van der Waals surface area contributed by atoms with Crippen molar-refractivity contribution in [3.63, 3.8) is 0 Å². The summed E-state index contributed by atoms with van der Waals surface area (Å²) in [5.74, 6) is 1.88. The zero-order chi connectivity index (χ0) is 26.1. The molecule has 38 heavy (non-hydrogen) atoms. The van der Waals surface area contributed by atoms with Gasteiger partial charge in [-0.25, -0.2) is 4.98 Å². The van der Waals surface area contributed by atoms with Crippen molar-refractivity contribution in [1.29, 1.82) is 0 Å². The predicted octanol–water partition coefficient (Wildman–Crippen LogP) is 10.1. The van der Waals surface area contributed by atoms with Crippen LogP contribution >= 0.6 is 0 Å². The monoisotopic (exact) mass is 492 g/mol. The van der Waals surface area contributed by atoms with E-state index in [9.17, 15) is 0 Å². The Morgan fingerprint density at radius 2 is 1.21 bits per heavy atom. The fraction of sp³-hybridized carbons (Fsp3) is 0.194. The molecule has 6 aromatic carbocycles. The standard InChI is InChI=1S/C36H32N2/c1-21(2)26-15-10-16-27(22(3)4)33(26)36-37-34-29-14-9-8-13-28(29)32-30(35(34)38(36)5)18-17-25-19-23-11-6-7-12-24(23)20-31(25)32/h6-22H,1-5H3. The van der Waals surface area contributed by atoms with Crippen LogP contribution in [0.15, 0.2) is 91.0 Å². The first-order chi connectivity index (χ1) is 18.4. The third-order valence-corrected chi connectivity index (χ3v) is 8.28.